The summed E-state index contributed by atoms with van der Waals surface area (Å²) in [6.07, 6.45) is 3.34. The Morgan fingerprint density at radius 2 is 2.35 bits per heavy atom. The van der Waals surface area contributed by atoms with Crippen molar-refractivity contribution in [2.24, 2.45) is 0 Å². The van der Waals surface area contributed by atoms with Crippen LogP contribution in [-0.4, -0.2) is 15.9 Å². The lowest BCUT2D eigenvalue weighted by Gasteiger charge is -2.05. The van der Waals surface area contributed by atoms with E-state index in [-0.39, 0.29) is 5.91 Å². The summed E-state index contributed by atoms with van der Waals surface area (Å²) < 4.78 is 0.707. The number of nitrogens with zero attached hydrogens (tertiary/aromatic N) is 1. The predicted molar refractivity (Wildman–Crippen MR) is 68.9 cm³/mol. The lowest BCUT2D eigenvalue weighted by atomic mass is 10.2. The number of imidazole rings is 1. The van der Waals surface area contributed by atoms with E-state index in [2.05, 4.69) is 31.2 Å². The number of nitrogens with one attached hydrogen (secondary N) is 2. The highest BCUT2D eigenvalue weighted by Gasteiger charge is 2.10. The first-order valence-corrected chi connectivity index (χ1v) is 6.05. The number of halogens is 2. The second-order valence-electron chi connectivity index (χ2n) is 3.34. The Balaban J connectivity index is 2.07. The van der Waals surface area contributed by atoms with Crippen LogP contribution < -0.4 is 5.32 Å². The summed E-state index contributed by atoms with van der Waals surface area (Å²) in [5, 5.41) is 3.27. The Morgan fingerprint density at radius 1 is 1.53 bits per heavy atom. The van der Waals surface area contributed by atoms with Gasteiger partial charge >= 0.3 is 0 Å². The summed E-state index contributed by atoms with van der Waals surface area (Å²) in [6, 6.07) is 5.07. The van der Waals surface area contributed by atoms with Crippen molar-refractivity contribution in [3.63, 3.8) is 0 Å². The molecule has 2 aromatic rings. The summed E-state index contributed by atoms with van der Waals surface area (Å²) >= 11 is 9.15. The minimum atomic E-state index is -0.198. The van der Waals surface area contributed by atoms with Crippen molar-refractivity contribution in [3.8, 4) is 0 Å². The number of carbonyl (C=O) groups excluding carboxylic acids is 1. The van der Waals surface area contributed by atoms with Crippen molar-refractivity contribution in [2.45, 2.75) is 6.54 Å². The third-order valence-electron chi connectivity index (χ3n) is 2.14. The first-order valence-electron chi connectivity index (χ1n) is 4.88. The number of amides is 1. The Kier molecular flexibility index (Phi) is 3.81. The molecule has 0 fully saturated rings. The van der Waals surface area contributed by atoms with Crippen LogP contribution in [0.2, 0.25) is 5.02 Å². The number of H-pyrrole nitrogens is 1. The predicted octanol–water partition coefficient (Wildman–Crippen LogP) is 2.76. The Labute approximate surface area is 112 Å². The molecule has 0 aliphatic heterocycles. The SMILES string of the molecule is O=C(NCc1ncc[nH]1)c1cc(Cl)ccc1Br. The third kappa shape index (κ3) is 3.08. The highest BCUT2D eigenvalue weighted by molar-refractivity contribution is 9.10. The molecule has 0 saturated heterocycles. The molecule has 0 bridgehead atoms. The Bertz CT molecular complexity index is 528. The van der Waals surface area contributed by atoms with Crippen LogP contribution in [0.5, 0.6) is 0 Å². The highest BCUT2D eigenvalue weighted by atomic mass is 79.9. The van der Waals surface area contributed by atoms with Crippen molar-refractivity contribution >= 4 is 33.4 Å². The standard InChI is InChI=1S/C11H9BrClN3O/c12-9-2-1-7(13)5-8(9)11(17)16-6-10-14-3-4-15-10/h1-5H,6H2,(H,14,15)(H,16,17). The van der Waals surface area contributed by atoms with Crippen LogP contribution in [0.25, 0.3) is 0 Å². The van der Waals surface area contributed by atoms with Gasteiger partial charge in [0.15, 0.2) is 0 Å². The molecule has 1 aromatic heterocycles. The highest BCUT2D eigenvalue weighted by Crippen LogP contribution is 2.20. The van der Waals surface area contributed by atoms with Crippen molar-refractivity contribution < 1.29 is 4.79 Å². The van der Waals surface area contributed by atoms with Gasteiger partial charge in [-0.15, -0.1) is 0 Å². The van der Waals surface area contributed by atoms with Crippen LogP contribution in [0, 0.1) is 0 Å². The van der Waals surface area contributed by atoms with Crippen molar-refractivity contribution in [1.29, 1.82) is 0 Å². The average molecular weight is 315 g/mol. The Morgan fingerprint density at radius 3 is 3.06 bits per heavy atom. The molecule has 17 heavy (non-hydrogen) atoms. The largest absolute Gasteiger partial charge is 0.347 e. The third-order valence-corrected chi connectivity index (χ3v) is 3.07. The molecular formula is C11H9BrClN3O. The van der Waals surface area contributed by atoms with Gasteiger partial charge in [-0.2, -0.15) is 0 Å². The Hall–Kier alpha value is -1.33. The van der Waals surface area contributed by atoms with Crippen LogP contribution in [0.15, 0.2) is 35.1 Å². The second kappa shape index (κ2) is 5.33. The quantitative estimate of drug-likeness (QED) is 0.915. The molecule has 2 N–H and O–H groups in total. The maximum Gasteiger partial charge on any atom is 0.252 e. The normalized spacial score (nSPS) is 10.2. The van der Waals surface area contributed by atoms with Gasteiger partial charge in [-0.05, 0) is 34.1 Å². The summed E-state index contributed by atoms with van der Waals surface area (Å²) in [7, 11) is 0. The number of carbonyl (C=O) groups is 1. The van der Waals surface area contributed by atoms with Gasteiger partial charge in [-0.3, -0.25) is 4.79 Å². The number of rotatable bonds is 3. The monoisotopic (exact) mass is 313 g/mol. The molecule has 1 aromatic carbocycles. The minimum absolute atomic E-state index is 0.198. The molecule has 0 radical (unpaired) electrons. The molecule has 0 aliphatic rings. The molecule has 0 saturated carbocycles. The van der Waals surface area contributed by atoms with Gasteiger partial charge in [0, 0.05) is 21.9 Å². The number of aromatic amines is 1. The van der Waals surface area contributed by atoms with E-state index in [4.69, 9.17) is 11.6 Å². The van der Waals surface area contributed by atoms with Crippen molar-refractivity contribution in [3.05, 3.63) is 51.5 Å². The zero-order chi connectivity index (χ0) is 12.3. The smallest absolute Gasteiger partial charge is 0.252 e. The molecule has 2 rings (SSSR count). The van der Waals surface area contributed by atoms with E-state index in [0.29, 0.717) is 27.4 Å². The molecule has 1 heterocycles. The van der Waals surface area contributed by atoms with Gasteiger partial charge in [-0.25, -0.2) is 4.98 Å². The van der Waals surface area contributed by atoms with E-state index < -0.39 is 0 Å². The molecular weight excluding hydrogens is 305 g/mol. The van der Waals surface area contributed by atoms with Gasteiger partial charge in [0.1, 0.15) is 5.82 Å². The van der Waals surface area contributed by atoms with Gasteiger partial charge in [0.2, 0.25) is 0 Å². The first-order chi connectivity index (χ1) is 8.16. The lowest BCUT2D eigenvalue weighted by Crippen LogP contribution is -2.23. The minimum Gasteiger partial charge on any atom is -0.347 e. The fourth-order valence-corrected chi connectivity index (χ4v) is 1.92. The molecule has 1 amide bonds. The van der Waals surface area contributed by atoms with Gasteiger partial charge in [-0.1, -0.05) is 11.6 Å². The van der Waals surface area contributed by atoms with Gasteiger partial charge in [0.05, 0.1) is 12.1 Å². The second-order valence-corrected chi connectivity index (χ2v) is 4.63. The summed E-state index contributed by atoms with van der Waals surface area (Å²) in [5.41, 5.74) is 0.504. The van der Waals surface area contributed by atoms with E-state index in [1.165, 1.54) is 0 Å². The number of hydrogen-bond donors (Lipinski definition) is 2. The molecule has 88 valence electrons. The summed E-state index contributed by atoms with van der Waals surface area (Å²) in [6.45, 7) is 0.352. The van der Waals surface area contributed by atoms with E-state index in [0.717, 1.165) is 0 Å². The van der Waals surface area contributed by atoms with Gasteiger partial charge in [0.25, 0.3) is 5.91 Å². The number of benzene rings is 1. The van der Waals surface area contributed by atoms with E-state index in [9.17, 15) is 4.79 Å². The fraction of sp³-hybridized carbons (Fsp3) is 0.0909. The van der Waals surface area contributed by atoms with Crippen molar-refractivity contribution in [1.82, 2.24) is 15.3 Å². The molecule has 6 heteroatoms. The summed E-state index contributed by atoms with van der Waals surface area (Å²) in [4.78, 5) is 18.8. The maximum absolute atomic E-state index is 11.9. The molecule has 0 unspecified atom stereocenters. The average Bonchev–Trinajstić information content (AvgIpc) is 2.82. The molecule has 0 atom stereocenters. The van der Waals surface area contributed by atoms with Gasteiger partial charge < -0.3 is 10.3 Å². The van der Waals surface area contributed by atoms with Crippen LogP contribution >= 0.6 is 27.5 Å². The first kappa shape index (κ1) is 12.1. The maximum atomic E-state index is 11.9. The van der Waals surface area contributed by atoms with E-state index in [1.807, 2.05) is 0 Å². The van der Waals surface area contributed by atoms with Crippen molar-refractivity contribution in [2.75, 3.05) is 0 Å². The zero-order valence-corrected chi connectivity index (χ0v) is 11.0. The number of aromatic nitrogens is 2. The molecule has 0 aliphatic carbocycles. The number of hydrogen-bond acceptors (Lipinski definition) is 2. The molecule has 0 spiro atoms. The van der Waals surface area contributed by atoms with Crippen LogP contribution in [0.1, 0.15) is 16.2 Å². The van der Waals surface area contributed by atoms with Crippen LogP contribution in [0.3, 0.4) is 0 Å². The topological polar surface area (TPSA) is 57.8 Å². The molecule has 4 nitrogen and oxygen atoms in total. The lowest BCUT2D eigenvalue weighted by molar-refractivity contribution is 0.0949. The van der Waals surface area contributed by atoms with Crippen LogP contribution in [0.4, 0.5) is 0 Å². The van der Waals surface area contributed by atoms with Crippen LogP contribution in [-0.2, 0) is 6.54 Å². The van der Waals surface area contributed by atoms with E-state index in [1.54, 1.807) is 30.6 Å². The fourth-order valence-electron chi connectivity index (χ4n) is 1.33. The van der Waals surface area contributed by atoms with E-state index >= 15 is 0 Å². The summed E-state index contributed by atoms with van der Waals surface area (Å²) in [5.74, 6) is 0.507. The zero-order valence-electron chi connectivity index (χ0n) is 8.71.